The summed E-state index contributed by atoms with van der Waals surface area (Å²) < 4.78 is 0. The Morgan fingerprint density at radius 1 is 1.62 bits per heavy atom. The van der Waals surface area contributed by atoms with Crippen molar-refractivity contribution < 1.29 is 0 Å². The van der Waals surface area contributed by atoms with Crippen LogP contribution in [0.15, 0.2) is 18.3 Å². The number of pyridine rings is 1. The molecule has 1 aromatic heterocycles. The maximum atomic E-state index is 8.87. The van der Waals surface area contributed by atoms with Crippen molar-refractivity contribution in [1.82, 2.24) is 10.3 Å². The van der Waals surface area contributed by atoms with Gasteiger partial charge >= 0.3 is 0 Å². The lowest BCUT2D eigenvalue weighted by molar-refractivity contribution is 0.614. The van der Waals surface area contributed by atoms with Crippen molar-refractivity contribution in [3.05, 3.63) is 23.9 Å². The number of hydrogen-bond donors (Lipinski definition) is 2. The topological polar surface area (TPSA) is 60.7 Å². The van der Waals surface area contributed by atoms with E-state index in [-0.39, 0.29) is 12.4 Å². The standard InChI is InChI=1S/C11H14N4.ClH/c12-6-10-2-1-4-14-11(10)15-8-9-3-5-13-7-9;/h1-2,4,9,13H,3,5,7-8H2,(H,14,15);1H. The summed E-state index contributed by atoms with van der Waals surface area (Å²) in [4.78, 5) is 4.16. The van der Waals surface area contributed by atoms with Crippen molar-refractivity contribution in [2.75, 3.05) is 25.0 Å². The first kappa shape index (κ1) is 12.8. The molecule has 0 radical (unpaired) electrons. The Bertz CT molecular complexity index is 368. The zero-order chi connectivity index (χ0) is 10.5. The predicted molar refractivity (Wildman–Crippen MR) is 65.7 cm³/mol. The van der Waals surface area contributed by atoms with Crippen molar-refractivity contribution in [2.24, 2.45) is 5.92 Å². The average Bonchev–Trinajstić information content (AvgIpc) is 2.79. The fraction of sp³-hybridized carbons (Fsp3) is 0.455. The molecular formula is C11H15ClN4. The molecule has 2 rings (SSSR count). The second-order valence-electron chi connectivity index (χ2n) is 3.75. The Labute approximate surface area is 101 Å². The fourth-order valence-electron chi connectivity index (χ4n) is 1.77. The third-order valence-corrected chi connectivity index (χ3v) is 2.65. The zero-order valence-electron chi connectivity index (χ0n) is 8.94. The molecule has 1 aromatic rings. The van der Waals surface area contributed by atoms with Crippen LogP contribution in [0.4, 0.5) is 5.82 Å². The van der Waals surface area contributed by atoms with Crippen molar-refractivity contribution in [2.45, 2.75) is 6.42 Å². The van der Waals surface area contributed by atoms with E-state index in [9.17, 15) is 0 Å². The molecule has 0 amide bonds. The lowest BCUT2D eigenvalue weighted by Crippen LogP contribution is -2.18. The van der Waals surface area contributed by atoms with E-state index in [2.05, 4.69) is 21.7 Å². The van der Waals surface area contributed by atoms with E-state index in [1.54, 1.807) is 18.3 Å². The first-order valence-corrected chi connectivity index (χ1v) is 5.20. The quantitative estimate of drug-likeness (QED) is 0.836. The summed E-state index contributed by atoms with van der Waals surface area (Å²) >= 11 is 0. The van der Waals surface area contributed by atoms with Gasteiger partial charge in [-0.25, -0.2) is 4.98 Å². The lowest BCUT2D eigenvalue weighted by atomic mass is 10.1. The van der Waals surface area contributed by atoms with Crippen LogP contribution in [0.5, 0.6) is 0 Å². The molecule has 4 nitrogen and oxygen atoms in total. The summed E-state index contributed by atoms with van der Waals surface area (Å²) in [6.07, 6.45) is 2.90. The van der Waals surface area contributed by atoms with Gasteiger partial charge in [0.2, 0.25) is 0 Å². The molecule has 1 unspecified atom stereocenters. The van der Waals surface area contributed by atoms with Gasteiger partial charge in [-0.05, 0) is 37.6 Å². The molecule has 1 fully saturated rings. The molecule has 86 valence electrons. The molecule has 1 aliphatic heterocycles. The molecule has 2 heterocycles. The molecule has 0 bridgehead atoms. The van der Waals surface area contributed by atoms with E-state index in [0.29, 0.717) is 17.3 Å². The molecule has 16 heavy (non-hydrogen) atoms. The van der Waals surface area contributed by atoms with Gasteiger partial charge in [0.05, 0.1) is 5.56 Å². The minimum Gasteiger partial charge on any atom is -0.369 e. The Morgan fingerprint density at radius 3 is 3.19 bits per heavy atom. The number of halogens is 1. The van der Waals surface area contributed by atoms with Gasteiger partial charge in [0.1, 0.15) is 11.9 Å². The molecule has 0 saturated carbocycles. The van der Waals surface area contributed by atoms with Crippen molar-refractivity contribution >= 4 is 18.2 Å². The molecule has 1 saturated heterocycles. The summed E-state index contributed by atoms with van der Waals surface area (Å²) in [5, 5.41) is 15.4. The van der Waals surface area contributed by atoms with Crippen molar-refractivity contribution in [1.29, 1.82) is 5.26 Å². The fourth-order valence-corrected chi connectivity index (χ4v) is 1.77. The summed E-state index contributed by atoms with van der Waals surface area (Å²) in [7, 11) is 0. The molecule has 0 aliphatic carbocycles. The van der Waals surface area contributed by atoms with Crippen LogP contribution < -0.4 is 10.6 Å². The smallest absolute Gasteiger partial charge is 0.143 e. The van der Waals surface area contributed by atoms with Gasteiger partial charge in [-0.15, -0.1) is 12.4 Å². The number of aromatic nitrogens is 1. The van der Waals surface area contributed by atoms with Gasteiger partial charge in [0.15, 0.2) is 0 Å². The van der Waals surface area contributed by atoms with Gasteiger partial charge < -0.3 is 10.6 Å². The van der Waals surface area contributed by atoms with Crippen LogP contribution in [-0.4, -0.2) is 24.6 Å². The SMILES string of the molecule is Cl.N#Cc1cccnc1NCC1CCNC1. The zero-order valence-corrected chi connectivity index (χ0v) is 9.76. The van der Waals surface area contributed by atoms with Gasteiger partial charge in [-0.2, -0.15) is 5.26 Å². The molecule has 1 atom stereocenters. The van der Waals surface area contributed by atoms with E-state index in [4.69, 9.17) is 5.26 Å². The number of nitriles is 1. The molecule has 0 spiro atoms. The van der Waals surface area contributed by atoms with Crippen molar-refractivity contribution in [3.8, 4) is 6.07 Å². The summed E-state index contributed by atoms with van der Waals surface area (Å²) in [6.45, 7) is 3.04. The summed E-state index contributed by atoms with van der Waals surface area (Å²) in [6, 6.07) is 5.69. The Balaban J connectivity index is 0.00000128. The number of nitrogens with zero attached hydrogens (tertiary/aromatic N) is 2. The van der Waals surface area contributed by atoms with E-state index in [1.807, 2.05) is 0 Å². The van der Waals surface area contributed by atoms with Gasteiger partial charge in [-0.1, -0.05) is 0 Å². The third kappa shape index (κ3) is 3.09. The minimum absolute atomic E-state index is 0. The van der Waals surface area contributed by atoms with Crippen LogP contribution in [0.25, 0.3) is 0 Å². The van der Waals surface area contributed by atoms with Crippen LogP contribution in [-0.2, 0) is 0 Å². The van der Waals surface area contributed by atoms with E-state index in [1.165, 1.54) is 6.42 Å². The Morgan fingerprint density at radius 2 is 2.50 bits per heavy atom. The largest absolute Gasteiger partial charge is 0.369 e. The highest BCUT2D eigenvalue weighted by Gasteiger charge is 2.14. The number of nitrogens with one attached hydrogen (secondary N) is 2. The highest BCUT2D eigenvalue weighted by molar-refractivity contribution is 5.85. The maximum Gasteiger partial charge on any atom is 0.143 e. The second-order valence-corrected chi connectivity index (χ2v) is 3.75. The highest BCUT2D eigenvalue weighted by Crippen LogP contribution is 2.12. The molecule has 5 heteroatoms. The first-order chi connectivity index (χ1) is 7.40. The van der Waals surface area contributed by atoms with Crippen LogP contribution in [0.1, 0.15) is 12.0 Å². The van der Waals surface area contributed by atoms with Crippen LogP contribution in [0.2, 0.25) is 0 Å². The monoisotopic (exact) mass is 238 g/mol. The number of anilines is 1. The van der Waals surface area contributed by atoms with Crippen LogP contribution >= 0.6 is 12.4 Å². The van der Waals surface area contributed by atoms with Crippen LogP contribution in [0, 0.1) is 17.2 Å². The van der Waals surface area contributed by atoms with Gasteiger partial charge in [0, 0.05) is 12.7 Å². The Kier molecular flexibility index (Phi) is 5.03. The van der Waals surface area contributed by atoms with Crippen molar-refractivity contribution in [3.63, 3.8) is 0 Å². The lowest BCUT2D eigenvalue weighted by Gasteiger charge is -2.10. The van der Waals surface area contributed by atoms with E-state index in [0.717, 1.165) is 19.6 Å². The molecule has 1 aliphatic rings. The first-order valence-electron chi connectivity index (χ1n) is 5.20. The summed E-state index contributed by atoms with van der Waals surface area (Å²) in [5.41, 5.74) is 0.614. The minimum atomic E-state index is 0. The third-order valence-electron chi connectivity index (χ3n) is 2.65. The number of rotatable bonds is 3. The molecule has 2 N–H and O–H groups in total. The van der Waals surface area contributed by atoms with E-state index < -0.39 is 0 Å². The van der Waals surface area contributed by atoms with Gasteiger partial charge in [-0.3, -0.25) is 0 Å². The van der Waals surface area contributed by atoms with E-state index >= 15 is 0 Å². The number of hydrogen-bond acceptors (Lipinski definition) is 4. The maximum absolute atomic E-state index is 8.87. The second kappa shape index (κ2) is 6.31. The molecule has 0 aromatic carbocycles. The highest BCUT2D eigenvalue weighted by atomic mass is 35.5. The van der Waals surface area contributed by atoms with Gasteiger partial charge in [0.25, 0.3) is 0 Å². The predicted octanol–water partition coefficient (Wildman–Crippen LogP) is 1.40. The Hall–Kier alpha value is -1.31. The molecular weight excluding hydrogens is 224 g/mol. The normalized spacial score (nSPS) is 18.6. The van der Waals surface area contributed by atoms with Crippen LogP contribution in [0.3, 0.4) is 0 Å². The average molecular weight is 239 g/mol. The summed E-state index contributed by atoms with van der Waals surface area (Å²) in [5.74, 6) is 1.35.